The van der Waals surface area contributed by atoms with Gasteiger partial charge in [0.2, 0.25) is 0 Å². The number of hydrogen-bond donors (Lipinski definition) is 1. The van der Waals surface area contributed by atoms with E-state index in [4.69, 9.17) is 18.0 Å². The van der Waals surface area contributed by atoms with Crippen molar-refractivity contribution < 1.29 is 8.42 Å². The van der Waals surface area contributed by atoms with Crippen LogP contribution < -0.4 is 5.73 Å². The standard InChI is InChI=1S/C19H21NO2S2/c1-3-13-6-8-14(9-7-13)16-17(19(20)23)18(16)24(21,22)15-10-4-12(2)5-11-15/h4-11,16-18H,3H2,1-2H3,(H2,20,23)/t16-,17+,18+/m0/s1. The van der Waals surface area contributed by atoms with Crippen LogP contribution >= 0.6 is 12.2 Å². The third-order valence-corrected chi connectivity index (χ3v) is 7.27. The van der Waals surface area contributed by atoms with Crippen LogP contribution in [0.2, 0.25) is 0 Å². The molecule has 3 atom stereocenters. The monoisotopic (exact) mass is 359 g/mol. The molecule has 2 N–H and O–H groups in total. The Bertz CT molecular complexity index is 855. The summed E-state index contributed by atoms with van der Waals surface area (Å²) in [4.78, 5) is 0.618. The molecule has 0 heterocycles. The van der Waals surface area contributed by atoms with Crippen molar-refractivity contribution >= 4 is 27.0 Å². The summed E-state index contributed by atoms with van der Waals surface area (Å²) in [6.45, 7) is 4.03. The molecule has 1 fully saturated rings. The molecule has 2 aromatic rings. The van der Waals surface area contributed by atoms with Crippen molar-refractivity contribution in [2.45, 2.75) is 36.3 Å². The largest absolute Gasteiger partial charge is 0.393 e. The Hall–Kier alpha value is -1.72. The van der Waals surface area contributed by atoms with Gasteiger partial charge in [0.1, 0.15) is 0 Å². The number of sulfone groups is 1. The van der Waals surface area contributed by atoms with Crippen molar-refractivity contribution in [3.8, 4) is 0 Å². The van der Waals surface area contributed by atoms with Crippen LogP contribution in [0, 0.1) is 12.8 Å². The van der Waals surface area contributed by atoms with E-state index in [2.05, 4.69) is 6.92 Å². The van der Waals surface area contributed by atoms with Crippen LogP contribution in [0.15, 0.2) is 53.4 Å². The highest BCUT2D eigenvalue weighted by Gasteiger charge is 2.60. The van der Waals surface area contributed by atoms with Gasteiger partial charge in [-0.1, -0.05) is 61.1 Å². The summed E-state index contributed by atoms with van der Waals surface area (Å²) in [5.41, 5.74) is 9.09. The van der Waals surface area contributed by atoms with E-state index in [1.807, 2.05) is 43.3 Å². The Labute approximate surface area is 148 Å². The minimum Gasteiger partial charge on any atom is -0.393 e. The lowest BCUT2D eigenvalue weighted by Gasteiger charge is -2.05. The second-order valence-electron chi connectivity index (χ2n) is 6.37. The summed E-state index contributed by atoms with van der Waals surface area (Å²) >= 11 is 5.14. The van der Waals surface area contributed by atoms with E-state index in [-0.39, 0.29) is 16.8 Å². The SMILES string of the molecule is CCc1ccc([C@H]2[C@@H](C(N)=S)[C@@H]2S(=O)(=O)c2ccc(C)cc2)cc1. The molecule has 1 saturated carbocycles. The number of thiocarbonyl (C=S) groups is 1. The minimum absolute atomic E-state index is 0.153. The van der Waals surface area contributed by atoms with Gasteiger partial charge in [0.05, 0.1) is 15.1 Å². The van der Waals surface area contributed by atoms with Gasteiger partial charge in [0.25, 0.3) is 0 Å². The molecule has 0 saturated heterocycles. The summed E-state index contributed by atoms with van der Waals surface area (Å²) in [5.74, 6) is -0.446. The molecule has 3 nitrogen and oxygen atoms in total. The maximum Gasteiger partial charge on any atom is 0.182 e. The minimum atomic E-state index is -3.46. The van der Waals surface area contributed by atoms with Crippen molar-refractivity contribution in [3.05, 3.63) is 65.2 Å². The van der Waals surface area contributed by atoms with Crippen LogP contribution in [-0.2, 0) is 16.3 Å². The van der Waals surface area contributed by atoms with Gasteiger partial charge in [-0.15, -0.1) is 0 Å². The summed E-state index contributed by atoms with van der Waals surface area (Å²) in [7, 11) is -3.46. The van der Waals surface area contributed by atoms with Crippen molar-refractivity contribution in [2.24, 2.45) is 11.7 Å². The lowest BCUT2D eigenvalue weighted by molar-refractivity contribution is 0.593. The molecule has 3 rings (SSSR count). The summed E-state index contributed by atoms with van der Waals surface area (Å²) in [6, 6.07) is 15.0. The van der Waals surface area contributed by atoms with Gasteiger partial charge in [-0.2, -0.15) is 0 Å². The third-order valence-electron chi connectivity index (χ3n) is 4.76. The van der Waals surface area contributed by atoms with E-state index < -0.39 is 15.1 Å². The molecule has 2 aromatic carbocycles. The first-order valence-electron chi connectivity index (χ1n) is 8.05. The second-order valence-corrected chi connectivity index (χ2v) is 8.95. The van der Waals surface area contributed by atoms with Gasteiger partial charge in [-0.05, 0) is 36.6 Å². The van der Waals surface area contributed by atoms with E-state index in [9.17, 15) is 8.42 Å². The Morgan fingerprint density at radius 3 is 2.17 bits per heavy atom. The normalized spacial score (nSPS) is 23.0. The second kappa shape index (κ2) is 6.30. The lowest BCUT2D eigenvalue weighted by Crippen LogP contribution is -2.17. The third kappa shape index (κ3) is 2.98. The fraction of sp³-hybridized carbons (Fsp3) is 0.316. The molecule has 0 radical (unpaired) electrons. The Balaban J connectivity index is 1.96. The topological polar surface area (TPSA) is 60.2 Å². The first-order valence-corrected chi connectivity index (χ1v) is 10.0. The molecule has 0 bridgehead atoms. The number of benzene rings is 2. The van der Waals surface area contributed by atoms with Crippen LogP contribution in [0.3, 0.4) is 0 Å². The maximum atomic E-state index is 13.0. The molecule has 126 valence electrons. The summed E-state index contributed by atoms with van der Waals surface area (Å²) in [5, 5.41) is -0.565. The van der Waals surface area contributed by atoms with Crippen LogP contribution in [-0.4, -0.2) is 18.7 Å². The molecule has 0 aliphatic heterocycles. The van der Waals surface area contributed by atoms with Crippen LogP contribution in [0.1, 0.15) is 29.5 Å². The molecular weight excluding hydrogens is 338 g/mol. The number of hydrogen-bond acceptors (Lipinski definition) is 3. The van der Waals surface area contributed by atoms with E-state index >= 15 is 0 Å². The Morgan fingerprint density at radius 2 is 1.67 bits per heavy atom. The number of nitrogens with two attached hydrogens (primary N) is 1. The fourth-order valence-electron chi connectivity index (χ4n) is 3.27. The molecule has 0 amide bonds. The highest BCUT2D eigenvalue weighted by Crippen LogP contribution is 2.54. The van der Waals surface area contributed by atoms with Crippen LogP contribution in [0.4, 0.5) is 0 Å². The predicted molar refractivity (Wildman–Crippen MR) is 101 cm³/mol. The molecule has 0 spiro atoms. The first kappa shape index (κ1) is 17.1. The van der Waals surface area contributed by atoms with Crippen LogP contribution in [0.25, 0.3) is 0 Å². The highest BCUT2D eigenvalue weighted by molar-refractivity contribution is 7.92. The number of rotatable bonds is 5. The van der Waals surface area contributed by atoms with E-state index in [0.29, 0.717) is 4.90 Å². The molecular formula is C19H21NO2S2. The molecule has 1 aliphatic rings. The van der Waals surface area contributed by atoms with Crippen LogP contribution in [0.5, 0.6) is 0 Å². The van der Waals surface area contributed by atoms with Gasteiger partial charge in [0.15, 0.2) is 9.84 Å². The van der Waals surface area contributed by atoms with Gasteiger partial charge < -0.3 is 5.73 Å². The maximum absolute atomic E-state index is 13.0. The average molecular weight is 360 g/mol. The zero-order chi connectivity index (χ0) is 17.5. The van der Waals surface area contributed by atoms with Gasteiger partial charge >= 0.3 is 0 Å². The van der Waals surface area contributed by atoms with Crippen molar-refractivity contribution in [1.29, 1.82) is 0 Å². The first-order chi connectivity index (χ1) is 11.4. The Morgan fingerprint density at radius 1 is 1.08 bits per heavy atom. The molecule has 24 heavy (non-hydrogen) atoms. The van der Waals surface area contributed by atoms with Gasteiger partial charge in [-0.3, -0.25) is 0 Å². The van der Waals surface area contributed by atoms with Gasteiger partial charge in [-0.25, -0.2) is 8.42 Å². The van der Waals surface area contributed by atoms with Crippen molar-refractivity contribution in [2.75, 3.05) is 0 Å². The predicted octanol–water partition coefficient (Wildman–Crippen LogP) is 3.40. The molecule has 0 aromatic heterocycles. The zero-order valence-corrected chi connectivity index (χ0v) is 15.4. The molecule has 1 aliphatic carbocycles. The molecule has 0 unspecified atom stereocenters. The summed E-state index contributed by atoms with van der Waals surface area (Å²) < 4.78 is 26.0. The molecule has 5 heteroatoms. The van der Waals surface area contributed by atoms with Crippen molar-refractivity contribution in [1.82, 2.24) is 0 Å². The van der Waals surface area contributed by atoms with E-state index in [1.54, 1.807) is 12.1 Å². The van der Waals surface area contributed by atoms with Crippen molar-refractivity contribution in [3.63, 3.8) is 0 Å². The number of aryl methyl sites for hydroxylation is 2. The average Bonchev–Trinajstić information content (AvgIpc) is 3.32. The zero-order valence-electron chi connectivity index (χ0n) is 13.8. The Kier molecular flexibility index (Phi) is 4.49. The van der Waals surface area contributed by atoms with E-state index in [1.165, 1.54) is 5.56 Å². The summed E-state index contributed by atoms with van der Waals surface area (Å²) in [6.07, 6.45) is 0.953. The van der Waals surface area contributed by atoms with Gasteiger partial charge in [0, 0.05) is 11.8 Å². The smallest absolute Gasteiger partial charge is 0.182 e. The fourth-order valence-corrected chi connectivity index (χ4v) is 5.80. The lowest BCUT2D eigenvalue weighted by atomic mass is 10.1. The van der Waals surface area contributed by atoms with E-state index in [0.717, 1.165) is 17.5 Å². The quantitative estimate of drug-likeness (QED) is 0.831. The highest BCUT2D eigenvalue weighted by atomic mass is 32.2.